The van der Waals surface area contributed by atoms with Gasteiger partial charge in [-0.15, -0.1) is 0 Å². The van der Waals surface area contributed by atoms with Crippen LogP contribution in [-0.4, -0.2) is 31.8 Å². The molecule has 1 fully saturated rings. The van der Waals surface area contributed by atoms with Crippen LogP contribution in [-0.2, 0) is 13.0 Å². The van der Waals surface area contributed by atoms with Crippen LogP contribution in [0.2, 0.25) is 0 Å². The summed E-state index contributed by atoms with van der Waals surface area (Å²) in [6.45, 7) is 2.91. The van der Waals surface area contributed by atoms with Crippen LogP contribution in [0.4, 0.5) is 5.95 Å². The zero-order chi connectivity index (χ0) is 14.2. The van der Waals surface area contributed by atoms with Crippen LogP contribution in [0, 0.1) is 6.92 Å². The topological polar surface area (TPSA) is 41.4 Å². The number of rotatable bonds is 1. The Labute approximate surface area is 128 Å². The molecule has 21 heavy (non-hydrogen) atoms. The first kappa shape index (κ1) is 12.8. The molecule has 4 rings (SSSR count). The molecule has 4 nitrogen and oxygen atoms in total. The van der Waals surface area contributed by atoms with Crippen molar-refractivity contribution in [2.24, 2.45) is 4.99 Å². The van der Waals surface area contributed by atoms with Crippen molar-refractivity contribution >= 4 is 22.9 Å². The summed E-state index contributed by atoms with van der Waals surface area (Å²) >= 11 is 1.81. The predicted octanol–water partition coefficient (Wildman–Crippen LogP) is 2.95. The van der Waals surface area contributed by atoms with Gasteiger partial charge in [-0.05, 0) is 30.5 Å². The smallest absolute Gasteiger partial charge is 0.251 e. The Morgan fingerprint density at radius 1 is 1.24 bits per heavy atom. The minimum absolute atomic E-state index is 0.549. The van der Waals surface area contributed by atoms with Gasteiger partial charge in [-0.25, -0.2) is 9.97 Å². The Bertz CT molecular complexity index is 713. The summed E-state index contributed by atoms with van der Waals surface area (Å²) in [6.07, 6.45) is 2.88. The second kappa shape index (κ2) is 5.15. The highest BCUT2D eigenvalue weighted by atomic mass is 32.2. The lowest BCUT2D eigenvalue weighted by atomic mass is 9.95. The number of thioether (sulfide) groups is 1. The van der Waals surface area contributed by atoms with Crippen molar-refractivity contribution in [2.75, 3.05) is 5.75 Å². The van der Waals surface area contributed by atoms with Crippen molar-refractivity contribution in [3.05, 3.63) is 53.3 Å². The van der Waals surface area contributed by atoms with E-state index in [9.17, 15) is 0 Å². The molecule has 0 bridgehead atoms. The first-order valence-electron chi connectivity index (χ1n) is 7.14. The van der Waals surface area contributed by atoms with Crippen molar-refractivity contribution in [1.29, 1.82) is 0 Å². The van der Waals surface area contributed by atoms with Gasteiger partial charge in [-0.3, -0.25) is 0 Å². The molecule has 2 aliphatic heterocycles. The molecule has 0 unspecified atom stereocenters. The van der Waals surface area contributed by atoms with Gasteiger partial charge >= 0.3 is 0 Å². The maximum Gasteiger partial charge on any atom is 0.251 e. The van der Waals surface area contributed by atoms with Crippen LogP contribution in [0.5, 0.6) is 0 Å². The van der Waals surface area contributed by atoms with E-state index in [1.165, 1.54) is 11.1 Å². The van der Waals surface area contributed by atoms with E-state index in [1.54, 1.807) is 6.20 Å². The number of fused-ring (bicyclic) bond motifs is 2. The Hall–Kier alpha value is -1.88. The van der Waals surface area contributed by atoms with Crippen molar-refractivity contribution in [2.45, 2.75) is 25.9 Å². The van der Waals surface area contributed by atoms with Gasteiger partial charge in [0.25, 0.3) is 5.95 Å². The Morgan fingerprint density at radius 2 is 2.10 bits per heavy atom. The van der Waals surface area contributed by atoms with Crippen molar-refractivity contribution in [1.82, 2.24) is 14.9 Å². The van der Waals surface area contributed by atoms with Crippen LogP contribution in [0.25, 0.3) is 0 Å². The van der Waals surface area contributed by atoms with Crippen molar-refractivity contribution in [3.8, 4) is 0 Å². The number of aromatic nitrogens is 2. The van der Waals surface area contributed by atoms with Gasteiger partial charge < -0.3 is 4.90 Å². The third-order valence-electron chi connectivity index (χ3n) is 3.98. The van der Waals surface area contributed by atoms with E-state index in [1.807, 2.05) is 24.8 Å². The average molecular weight is 296 g/mol. The molecule has 1 saturated heterocycles. The maximum atomic E-state index is 4.66. The van der Waals surface area contributed by atoms with Crippen LogP contribution in [0.1, 0.15) is 16.8 Å². The summed E-state index contributed by atoms with van der Waals surface area (Å²) in [5.74, 6) is 1.66. The number of benzene rings is 1. The minimum Gasteiger partial charge on any atom is -0.343 e. The number of amidine groups is 1. The molecule has 0 N–H and O–H groups in total. The molecule has 5 heteroatoms. The fourth-order valence-corrected chi connectivity index (χ4v) is 4.05. The fourth-order valence-electron chi connectivity index (χ4n) is 2.89. The third-order valence-corrected chi connectivity index (χ3v) is 5.12. The van der Waals surface area contributed by atoms with Gasteiger partial charge in [0.15, 0.2) is 5.17 Å². The lowest BCUT2D eigenvalue weighted by Gasteiger charge is -2.32. The first-order valence-corrected chi connectivity index (χ1v) is 8.13. The highest BCUT2D eigenvalue weighted by Crippen LogP contribution is 2.34. The molecule has 3 heterocycles. The predicted molar refractivity (Wildman–Crippen MR) is 85.8 cm³/mol. The molecule has 1 aromatic carbocycles. The molecule has 0 saturated carbocycles. The zero-order valence-electron chi connectivity index (χ0n) is 11.9. The molecular weight excluding hydrogens is 280 g/mol. The molecule has 2 aliphatic rings. The van der Waals surface area contributed by atoms with E-state index in [4.69, 9.17) is 0 Å². The van der Waals surface area contributed by atoms with E-state index < -0.39 is 0 Å². The van der Waals surface area contributed by atoms with E-state index >= 15 is 0 Å². The SMILES string of the molecule is Cc1ccnc(/N=C2\SC[C@@H]3Cc4ccccc4CN23)n1. The molecule has 0 aliphatic carbocycles. The van der Waals surface area contributed by atoms with Crippen molar-refractivity contribution < 1.29 is 0 Å². The Kier molecular flexibility index (Phi) is 3.15. The second-order valence-corrected chi connectivity index (χ2v) is 6.45. The van der Waals surface area contributed by atoms with Crippen LogP contribution >= 0.6 is 11.8 Å². The van der Waals surface area contributed by atoms with Crippen LogP contribution in [0.3, 0.4) is 0 Å². The molecule has 0 spiro atoms. The van der Waals surface area contributed by atoms with Gasteiger partial charge in [0.05, 0.1) is 0 Å². The normalized spacial score (nSPS) is 22.2. The lowest BCUT2D eigenvalue weighted by molar-refractivity contribution is 0.320. The summed E-state index contributed by atoms with van der Waals surface area (Å²) in [6, 6.07) is 11.2. The van der Waals surface area contributed by atoms with Crippen LogP contribution in [0.15, 0.2) is 41.5 Å². The van der Waals surface area contributed by atoms with Gasteiger partial charge in [0, 0.05) is 30.2 Å². The maximum absolute atomic E-state index is 4.66. The number of hydrogen-bond donors (Lipinski definition) is 0. The molecule has 2 aromatic rings. The molecule has 1 atom stereocenters. The molecule has 1 aromatic heterocycles. The van der Waals surface area contributed by atoms with E-state index in [0.717, 1.165) is 29.6 Å². The number of aryl methyl sites for hydroxylation is 1. The number of aliphatic imine (C=N–C) groups is 1. The minimum atomic E-state index is 0.549. The number of nitrogens with zero attached hydrogens (tertiary/aromatic N) is 4. The van der Waals surface area contributed by atoms with Gasteiger partial charge in [-0.2, -0.15) is 4.99 Å². The van der Waals surface area contributed by atoms with E-state index in [0.29, 0.717) is 12.0 Å². The monoisotopic (exact) mass is 296 g/mol. The second-order valence-electron chi connectivity index (χ2n) is 5.46. The first-order chi connectivity index (χ1) is 10.3. The Morgan fingerprint density at radius 3 is 2.95 bits per heavy atom. The van der Waals surface area contributed by atoms with Gasteiger partial charge in [0.2, 0.25) is 0 Å². The summed E-state index contributed by atoms with van der Waals surface area (Å²) < 4.78 is 0. The van der Waals surface area contributed by atoms with E-state index in [-0.39, 0.29) is 0 Å². The lowest BCUT2D eigenvalue weighted by Crippen LogP contribution is -2.38. The Balaban J connectivity index is 1.65. The highest BCUT2D eigenvalue weighted by molar-refractivity contribution is 8.14. The summed E-state index contributed by atoms with van der Waals surface area (Å²) in [4.78, 5) is 15.7. The van der Waals surface area contributed by atoms with Gasteiger partial charge in [0.1, 0.15) is 0 Å². The summed E-state index contributed by atoms with van der Waals surface area (Å²) in [7, 11) is 0. The third kappa shape index (κ3) is 2.42. The zero-order valence-corrected chi connectivity index (χ0v) is 12.7. The largest absolute Gasteiger partial charge is 0.343 e. The number of hydrogen-bond acceptors (Lipinski definition) is 4. The molecule has 106 valence electrons. The highest BCUT2D eigenvalue weighted by Gasteiger charge is 2.34. The van der Waals surface area contributed by atoms with Crippen LogP contribution < -0.4 is 0 Å². The quantitative estimate of drug-likeness (QED) is 0.811. The summed E-state index contributed by atoms with van der Waals surface area (Å²) in [5.41, 5.74) is 3.84. The van der Waals surface area contributed by atoms with Crippen molar-refractivity contribution in [3.63, 3.8) is 0 Å². The standard InChI is InChI=1S/C16H16N4S/c1-11-6-7-17-15(18-11)19-16-20-9-13-5-3-2-4-12(13)8-14(20)10-21-16/h2-7,14H,8-10H2,1H3/b19-16-/t14-/m0/s1. The molecule has 0 radical (unpaired) electrons. The van der Waals surface area contributed by atoms with Gasteiger partial charge in [-0.1, -0.05) is 36.0 Å². The fraction of sp³-hybridized carbons (Fsp3) is 0.312. The van der Waals surface area contributed by atoms with E-state index in [2.05, 4.69) is 44.1 Å². The summed E-state index contributed by atoms with van der Waals surface area (Å²) in [5, 5.41) is 1.06. The molecule has 0 amide bonds. The molecular formula is C16H16N4S. The average Bonchev–Trinajstić information content (AvgIpc) is 2.87.